The molecule has 0 fully saturated rings. The van der Waals surface area contributed by atoms with Crippen molar-refractivity contribution in [1.82, 2.24) is 4.57 Å². The fourth-order valence-corrected chi connectivity index (χ4v) is 6.02. The van der Waals surface area contributed by atoms with Crippen molar-refractivity contribution in [2.75, 3.05) is 13.2 Å². The van der Waals surface area contributed by atoms with Crippen LogP contribution in [0.15, 0.2) is 48.5 Å². The summed E-state index contributed by atoms with van der Waals surface area (Å²) >= 11 is 0. The molecule has 0 amide bonds. The Labute approximate surface area is 267 Å². The lowest BCUT2D eigenvalue weighted by Crippen LogP contribution is -2.44. The van der Waals surface area contributed by atoms with Crippen molar-refractivity contribution < 1.29 is 19.4 Å². The molecular formula is C39H59NO4. The molecule has 3 rings (SSSR count). The summed E-state index contributed by atoms with van der Waals surface area (Å²) in [5.41, 5.74) is 4.11. The average molecular weight is 606 g/mol. The fraction of sp³-hybridized carbons (Fsp3) is 0.615. The topological polar surface area (TPSA) is 60.7 Å². The normalized spacial score (nSPS) is 15.2. The van der Waals surface area contributed by atoms with Gasteiger partial charge in [-0.3, -0.25) is 4.79 Å². The van der Waals surface area contributed by atoms with Crippen LogP contribution in [0.4, 0.5) is 0 Å². The van der Waals surface area contributed by atoms with Gasteiger partial charge in [-0.05, 0) is 85.1 Å². The van der Waals surface area contributed by atoms with Crippen LogP contribution in [0.25, 0.3) is 22.2 Å². The zero-order valence-electron chi connectivity index (χ0n) is 29.3. The van der Waals surface area contributed by atoms with Gasteiger partial charge in [0.1, 0.15) is 12.4 Å². The van der Waals surface area contributed by atoms with E-state index in [9.17, 15) is 9.90 Å². The minimum Gasteiger partial charge on any atom is -0.491 e. The number of aliphatic hydroxyl groups is 1. The van der Waals surface area contributed by atoms with Crippen LogP contribution in [0.1, 0.15) is 106 Å². The van der Waals surface area contributed by atoms with Gasteiger partial charge in [0.25, 0.3) is 0 Å². The van der Waals surface area contributed by atoms with Crippen LogP contribution in [0.5, 0.6) is 5.75 Å². The smallest absolute Gasteiger partial charge is 0.312 e. The van der Waals surface area contributed by atoms with Crippen molar-refractivity contribution in [3.8, 4) is 17.0 Å². The molecule has 3 aromatic rings. The van der Waals surface area contributed by atoms with Gasteiger partial charge in [-0.25, -0.2) is 0 Å². The highest BCUT2D eigenvalue weighted by molar-refractivity contribution is 5.88. The Morgan fingerprint density at radius 3 is 2.20 bits per heavy atom. The Hall–Kier alpha value is -2.79. The first-order valence-corrected chi connectivity index (χ1v) is 16.7. The third kappa shape index (κ3) is 9.60. The lowest BCUT2D eigenvalue weighted by Gasteiger charge is -2.43. The third-order valence-electron chi connectivity index (χ3n) is 9.26. The molecule has 44 heavy (non-hydrogen) atoms. The number of esters is 1. The molecule has 1 heterocycles. The molecule has 3 unspecified atom stereocenters. The zero-order chi connectivity index (χ0) is 32.7. The van der Waals surface area contributed by atoms with E-state index in [0.717, 1.165) is 35.9 Å². The second-order valence-electron chi connectivity index (χ2n) is 15.5. The number of nitrogens with zero attached hydrogens (tertiary/aromatic N) is 1. The maximum atomic E-state index is 13.3. The number of ether oxygens (including phenoxy) is 2. The van der Waals surface area contributed by atoms with E-state index in [0.29, 0.717) is 13.0 Å². The monoisotopic (exact) mass is 605 g/mol. The second kappa shape index (κ2) is 15.0. The van der Waals surface area contributed by atoms with Crippen LogP contribution in [-0.2, 0) is 23.0 Å². The maximum absolute atomic E-state index is 13.3. The quantitative estimate of drug-likeness (QED) is 0.138. The number of fused-ring (bicyclic) bond motifs is 1. The van der Waals surface area contributed by atoms with E-state index in [1.165, 1.54) is 36.1 Å². The van der Waals surface area contributed by atoms with Crippen molar-refractivity contribution in [2.24, 2.45) is 29.2 Å². The van der Waals surface area contributed by atoms with Crippen LogP contribution in [0.3, 0.4) is 0 Å². The Morgan fingerprint density at radius 2 is 1.59 bits per heavy atom. The highest BCUT2D eigenvalue weighted by Crippen LogP contribution is 2.47. The maximum Gasteiger partial charge on any atom is 0.312 e. The third-order valence-corrected chi connectivity index (χ3v) is 9.26. The first-order chi connectivity index (χ1) is 20.5. The number of hydrogen-bond acceptors (Lipinski definition) is 4. The highest BCUT2D eigenvalue weighted by Gasteiger charge is 2.47. The predicted molar refractivity (Wildman–Crippen MR) is 184 cm³/mol. The number of rotatable bonds is 15. The zero-order valence-corrected chi connectivity index (χ0v) is 29.3. The number of hydrogen-bond donors (Lipinski definition) is 1. The van der Waals surface area contributed by atoms with Crippen molar-refractivity contribution in [2.45, 2.75) is 113 Å². The Morgan fingerprint density at radius 1 is 0.909 bits per heavy atom. The molecule has 0 aliphatic rings. The molecular weight excluding hydrogens is 546 g/mol. The van der Waals surface area contributed by atoms with Crippen LogP contribution in [0.2, 0.25) is 0 Å². The van der Waals surface area contributed by atoms with E-state index in [2.05, 4.69) is 109 Å². The summed E-state index contributed by atoms with van der Waals surface area (Å²) in [5.74, 6) is 0.767. The molecule has 1 aromatic heterocycles. The number of benzene rings is 2. The summed E-state index contributed by atoms with van der Waals surface area (Å²) in [7, 11) is 2.09. The number of carbonyl (C=O) groups excluding carboxylic acids is 1. The molecule has 0 radical (unpaired) electrons. The molecule has 0 saturated heterocycles. The summed E-state index contributed by atoms with van der Waals surface area (Å²) in [6.45, 7) is 19.8. The predicted octanol–water partition coefficient (Wildman–Crippen LogP) is 9.77. The number of aliphatic hydroxyl groups excluding tert-OH is 1. The van der Waals surface area contributed by atoms with Crippen LogP contribution < -0.4 is 4.74 Å². The van der Waals surface area contributed by atoms with Crippen LogP contribution in [0, 0.1) is 22.2 Å². The van der Waals surface area contributed by atoms with Gasteiger partial charge >= 0.3 is 5.97 Å². The number of aromatic nitrogens is 1. The molecule has 1 N–H and O–H groups in total. The molecule has 0 spiro atoms. The fourth-order valence-electron chi connectivity index (χ4n) is 6.02. The van der Waals surface area contributed by atoms with Crippen LogP contribution in [-0.4, -0.2) is 35.0 Å². The first-order valence-electron chi connectivity index (χ1n) is 16.7. The lowest BCUT2D eigenvalue weighted by atomic mass is 9.61. The summed E-state index contributed by atoms with van der Waals surface area (Å²) in [6, 6.07) is 17.3. The van der Waals surface area contributed by atoms with Gasteiger partial charge in [-0.2, -0.15) is 0 Å². The van der Waals surface area contributed by atoms with Gasteiger partial charge in [-0.15, -0.1) is 0 Å². The SMILES string of the molecule is CCCCCc1ccc(-c2cc3ccc(OCC(O)CCC(C)COC(=O)C(C)(CC(C)(C)C)C(C)(C)C)cc3n2C)cc1. The molecule has 5 nitrogen and oxygen atoms in total. The minimum atomic E-state index is -0.593. The molecule has 3 atom stereocenters. The van der Waals surface area contributed by atoms with Gasteiger partial charge < -0.3 is 19.1 Å². The molecule has 0 bridgehead atoms. The lowest BCUT2D eigenvalue weighted by molar-refractivity contribution is -0.166. The van der Waals surface area contributed by atoms with E-state index in [-0.39, 0.29) is 29.3 Å². The molecule has 0 saturated carbocycles. The number of unbranched alkanes of at least 4 members (excludes halogenated alkanes) is 2. The first kappa shape index (κ1) is 35.7. The van der Waals surface area contributed by atoms with Gasteiger partial charge in [0, 0.05) is 24.2 Å². The standard InChI is InChI=1S/C39H59NO4/c1-11-12-13-14-29-16-18-30(19-17-29)34-23-31-20-22-33(24-35(31)40(34)10)43-26-32(41)21-15-28(2)25-44-36(42)39(9,38(6,7)8)27-37(3,4)5/h16-20,22-24,28,32,41H,11-15,21,25-27H2,1-10H3. The van der Waals surface area contributed by atoms with Crippen molar-refractivity contribution in [1.29, 1.82) is 0 Å². The Kier molecular flexibility index (Phi) is 12.2. The van der Waals surface area contributed by atoms with E-state index in [1.807, 2.05) is 13.0 Å². The largest absolute Gasteiger partial charge is 0.491 e. The van der Waals surface area contributed by atoms with Gasteiger partial charge in [0.15, 0.2) is 0 Å². The van der Waals surface area contributed by atoms with Gasteiger partial charge in [0.05, 0.1) is 23.6 Å². The molecule has 5 heteroatoms. The number of aryl methyl sites for hydroxylation is 2. The van der Waals surface area contributed by atoms with Crippen molar-refractivity contribution >= 4 is 16.9 Å². The molecule has 2 aromatic carbocycles. The summed E-state index contributed by atoms with van der Waals surface area (Å²) < 4.78 is 14.1. The van der Waals surface area contributed by atoms with E-state index < -0.39 is 11.5 Å². The second-order valence-corrected chi connectivity index (χ2v) is 15.5. The van der Waals surface area contributed by atoms with Gasteiger partial charge in [0.2, 0.25) is 0 Å². The molecule has 244 valence electrons. The van der Waals surface area contributed by atoms with Crippen molar-refractivity contribution in [3.63, 3.8) is 0 Å². The van der Waals surface area contributed by atoms with E-state index in [4.69, 9.17) is 9.47 Å². The van der Waals surface area contributed by atoms with E-state index >= 15 is 0 Å². The van der Waals surface area contributed by atoms with E-state index in [1.54, 1.807) is 0 Å². The van der Waals surface area contributed by atoms with Crippen LogP contribution >= 0.6 is 0 Å². The molecule has 0 aliphatic carbocycles. The van der Waals surface area contributed by atoms with Crippen molar-refractivity contribution in [3.05, 3.63) is 54.1 Å². The van der Waals surface area contributed by atoms with Gasteiger partial charge in [-0.1, -0.05) is 92.5 Å². The summed E-state index contributed by atoms with van der Waals surface area (Å²) in [4.78, 5) is 13.3. The highest BCUT2D eigenvalue weighted by atomic mass is 16.5. The average Bonchev–Trinajstić information content (AvgIpc) is 3.28. The summed E-state index contributed by atoms with van der Waals surface area (Å²) in [5, 5.41) is 11.8. The Bertz CT molecular complexity index is 1340. The Balaban J connectivity index is 1.51. The number of carbonyl (C=O) groups is 1. The summed E-state index contributed by atoms with van der Waals surface area (Å²) in [6.07, 6.45) is 6.40. The minimum absolute atomic E-state index is 0.0174. The molecule has 0 aliphatic heterocycles.